The molecular formula is C92H97Cl3F3IN6O18S. The van der Waals surface area contributed by atoms with Gasteiger partial charge in [0, 0.05) is 193 Å². The summed E-state index contributed by atoms with van der Waals surface area (Å²) < 4.78 is 79.1. The first-order valence-corrected chi connectivity index (χ1v) is 43.4. The summed E-state index contributed by atoms with van der Waals surface area (Å²) in [5.41, 5.74) is 4.58. The topological polar surface area (TPSA) is 287 Å². The van der Waals surface area contributed by atoms with Crippen molar-refractivity contribution in [2.75, 3.05) is 122 Å². The van der Waals surface area contributed by atoms with Gasteiger partial charge in [-0.25, -0.2) is 38.4 Å². The van der Waals surface area contributed by atoms with Crippen molar-refractivity contribution in [1.29, 1.82) is 0 Å². The van der Waals surface area contributed by atoms with E-state index in [2.05, 4.69) is 84.6 Å². The lowest BCUT2D eigenvalue weighted by molar-refractivity contribution is -0.0887. The molecule has 0 aliphatic heterocycles. The summed E-state index contributed by atoms with van der Waals surface area (Å²) in [6.07, 6.45) is -5.12. The molecule has 0 bridgehead atoms. The Labute approximate surface area is 745 Å². The first-order chi connectivity index (χ1) is 59.1. The van der Waals surface area contributed by atoms with Gasteiger partial charge in [0.05, 0.1) is 34.5 Å². The van der Waals surface area contributed by atoms with Crippen LogP contribution in [0.2, 0.25) is 15.1 Å². The smallest absolute Gasteiger partial charge is 0.455 e. The van der Waals surface area contributed by atoms with Gasteiger partial charge in [-0.3, -0.25) is 9.59 Å². The van der Waals surface area contributed by atoms with Gasteiger partial charge in [-0.2, -0.15) is 24.5 Å². The molecule has 0 fully saturated rings. The highest BCUT2D eigenvalue weighted by Gasteiger charge is 2.42. The second-order valence-corrected chi connectivity index (χ2v) is 30.4. The van der Waals surface area contributed by atoms with Gasteiger partial charge in [0.25, 0.3) is 5.78 Å². The molecule has 0 saturated carbocycles. The molecular weight excluding hydrogens is 1800 g/mol. The van der Waals surface area contributed by atoms with Crippen LogP contribution in [0.15, 0.2) is 193 Å². The van der Waals surface area contributed by atoms with Crippen LogP contribution >= 0.6 is 68.7 Å². The minimum Gasteiger partial charge on any atom is -0.465 e. The monoisotopic (exact) mass is 1890 g/mol. The molecule has 6 aromatic carbocycles. The Bertz CT molecular complexity index is 6390. The summed E-state index contributed by atoms with van der Waals surface area (Å²) in [5, 5.41) is 8.91. The van der Waals surface area contributed by atoms with Gasteiger partial charge in [0.2, 0.25) is 5.78 Å². The van der Waals surface area contributed by atoms with E-state index in [1.807, 2.05) is 134 Å². The van der Waals surface area contributed by atoms with Crippen molar-refractivity contribution in [2.45, 2.75) is 110 Å². The van der Waals surface area contributed by atoms with E-state index >= 15 is 0 Å². The lowest BCUT2D eigenvalue weighted by atomic mass is 10.0. The normalized spacial score (nSPS) is 11.0. The minimum atomic E-state index is -5.12. The number of esters is 2. The average Bonchev–Trinajstić information content (AvgIpc) is 0.869. The summed E-state index contributed by atoms with van der Waals surface area (Å²) in [6, 6.07) is 37.0. The number of alkyl halides is 3. The standard InChI is InChI=1S/C18H17NO3S.C17H21NO4.C16H16F3NO3.C15H16ClNO4.C13H13ClINO2.C13H14ClNO2/c1-3-19(4-2)14-6-5-12-9-15(18(21)22-16(12)10-14)17(20)13-7-8-23-11-13;1-5-18(6-2)12-8-11(4)13-10-14(16(19)21-7-3)17(20)22-15(13)9-12;1-4-20(5-2)10-6-7-11-9(3)13(14(21)16(17,18)19)15(22)23-12(11)8-10;1-4-17(5-2)12-8-13-9(7-11(12)16)6-10(14(18)20-3)15(19)21-13;1-3-16(4-2)8-5-6-9-10(7-8)18-13(17)12(15)11(9)14;1-3-15(4-2)9-5-6-10-11(14)8-13(16)17-12(10)7-9/h5-11H,3-4H2,1-2H3;8-10H,5-7H2,1-4H3;6-8H,4-5H2,1-3H3;6-8H,4-5H2,1-3H3;5-7H,3-4H2,1-2H3;5-8H,3-4H2,1-2H3. The van der Waals surface area contributed by atoms with Crippen molar-refractivity contribution in [3.63, 3.8) is 0 Å². The molecule has 0 amide bonds. The molecule has 13 aromatic rings. The fraction of sp³-hybridized carbons (Fsp3) is 0.326. The van der Waals surface area contributed by atoms with E-state index in [0.29, 0.717) is 62.9 Å². The van der Waals surface area contributed by atoms with Crippen LogP contribution in [0.5, 0.6) is 0 Å². The zero-order valence-corrected chi connectivity index (χ0v) is 76.8. The Balaban J connectivity index is 0.000000185. The Morgan fingerprint density at radius 2 is 0.839 bits per heavy atom. The number of ether oxygens (including phenoxy) is 2. The number of aryl methyl sites for hydroxylation is 2. The van der Waals surface area contributed by atoms with E-state index in [1.165, 1.54) is 37.5 Å². The highest BCUT2D eigenvalue weighted by molar-refractivity contribution is 14.1. The molecule has 7 aromatic heterocycles. The van der Waals surface area contributed by atoms with E-state index in [0.717, 1.165) is 140 Å². The summed E-state index contributed by atoms with van der Waals surface area (Å²) in [5.74, 6) is -3.85. The Morgan fingerprint density at radius 1 is 0.419 bits per heavy atom. The van der Waals surface area contributed by atoms with E-state index < -0.39 is 57.6 Å². The number of hydrogen-bond acceptors (Lipinski definition) is 25. The van der Waals surface area contributed by atoms with Gasteiger partial charge in [-0.15, -0.1) is 0 Å². The van der Waals surface area contributed by atoms with Crippen molar-refractivity contribution in [1.82, 2.24) is 0 Å². The third-order valence-electron chi connectivity index (χ3n) is 20.3. The Kier molecular flexibility index (Phi) is 35.5. The zero-order chi connectivity index (χ0) is 91.3. The highest BCUT2D eigenvalue weighted by Crippen LogP contribution is 2.35. The lowest BCUT2D eigenvalue weighted by Crippen LogP contribution is -2.29. The number of fused-ring (bicyclic) bond motifs is 6. The van der Waals surface area contributed by atoms with Crippen molar-refractivity contribution in [3.8, 4) is 0 Å². The molecule has 13 rings (SSSR count). The van der Waals surface area contributed by atoms with Crippen LogP contribution in [0.25, 0.3) is 65.8 Å². The van der Waals surface area contributed by atoms with Crippen LogP contribution < -0.4 is 63.2 Å². The number of halogens is 7. The SMILES string of the molecule is CCN(CC)c1cc2oc(=O)c(C(=O)OC)cc2cc1Cl.CCN(CC)c1ccc2c(C)c(C(=O)C(F)(F)F)c(=O)oc2c1.CCN(CC)c1ccc2c(Cl)c(I)c(=O)oc2c1.CCN(CC)c1ccc2c(Cl)cc(=O)oc2c1.CCN(CC)c1ccc2cc(C(=O)c3ccsc3)c(=O)oc2c1.CCOC(=O)c1cc2c(C)cc(N(CC)CC)cc2oc1=O. The van der Waals surface area contributed by atoms with E-state index in [4.69, 9.17) is 66.0 Å². The molecule has 0 spiro atoms. The molecule has 7 heterocycles. The maximum Gasteiger partial charge on any atom is 0.455 e. The minimum absolute atomic E-state index is 0.0235. The molecule has 0 aliphatic carbocycles. The first kappa shape index (κ1) is 98.2. The van der Waals surface area contributed by atoms with Crippen LogP contribution in [0.4, 0.5) is 47.3 Å². The number of hydrogen-bond donors (Lipinski definition) is 0. The summed E-state index contributed by atoms with van der Waals surface area (Å²) >= 11 is 21.8. The van der Waals surface area contributed by atoms with Gasteiger partial charge < -0.3 is 65.4 Å². The molecule has 0 N–H and O–H groups in total. The van der Waals surface area contributed by atoms with E-state index in [9.17, 15) is 61.1 Å². The van der Waals surface area contributed by atoms with Gasteiger partial charge in [0.15, 0.2) is 0 Å². The molecule has 124 heavy (non-hydrogen) atoms. The number of ketones is 2. The number of Topliss-reactive ketones (excluding diaryl/α,β-unsaturated/α-hetero) is 1. The number of carbonyl (C=O) groups is 4. The summed E-state index contributed by atoms with van der Waals surface area (Å²) in [4.78, 5) is 131. The zero-order valence-electron chi connectivity index (χ0n) is 71.6. The molecule has 0 saturated heterocycles. The van der Waals surface area contributed by atoms with Crippen molar-refractivity contribution in [3.05, 3.63) is 258 Å². The predicted molar refractivity (Wildman–Crippen MR) is 499 cm³/mol. The summed E-state index contributed by atoms with van der Waals surface area (Å²) in [6.45, 7) is 39.9. The average molecular weight is 1900 g/mol. The largest absolute Gasteiger partial charge is 0.465 e. The number of benzene rings is 6. The van der Waals surface area contributed by atoms with Gasteiger partial charge in [-0.1, -0.05) is 34.8 Å². The van der Waals surface area contributed by atoms with E-state index in [1.54, 1.807) is 60.8 Å². The van der Waals surface area contributed by atoms with Gasteiger partial charge >= 0.3 is 51.9 Å². The fourth-order valence-corrected chi connectivity index (χ4v) is 15.4. The maximum absolute atomic E-state index is 12.6. The van der Waals surface area contributed by atoms with Crippen LogP contribution in [-0.4, -0.2) is 122 Å². The lowest BCUT2D eigenvalue weighted by Gasteiger charge is -2.22. The van der Waals surface area contributed by atoms with Crippen LogP contribution in [0.3, 0.4) is 0 Å². The molecule has 32 heteroatoms. The number of thiophene rings is 1. The van der Waals surface area contributed by atoms with Crippen molar-refractivity contribution in [2.24, 2.45) is 0 Å². The molecule has 0 aliphatic rings. The van der Waals surface area contributed by atoms with Gasteiger partial charge in [-0.05, 0) is 228 Å². The number of methoxy groups -OCH3 is 1. The Hall–Kier alpha value is -11.3. The maximum atomic E-state index is 12.6. The van der Waals surface area contributed by atoms with Crippen molar-refractivity contribution < 1.29 is 68.3 Å². The summed E-state index contributed by atoms with van der Waals surface area (Å²) in [7, 11) is 1.21. The quantitative estimate of drug-likeness (QED) is 0.0235. The fourth-order valence-electron chi connectivity index (χ4n) is 13.6. The molecule has 658 valence electrons. The number of anilines is 6. The Morgan fingerprint density at radius 3 is 1.34 bits per heavy atom. The molecule has 0 radical (unpaired) electrons. The van der Waals surface area contributed by atoms with E-state index in [-0.39, 0.29) is 45.9 Å². The first-order valence-electron chi connectivity index (χ1n) is 40.2. The molecule has 24 nitrogen and oxygen atoms in total. The van der Waals surface area contributed by atoms with Crippen molar-refractivity contribution >= 4 is 192 Å². The third-order valence-corrected chi connectivity index (χ3v) is 23.3. The number of carbonyl (C=O) groups excluding carboxylic acids is 4. The molecule has 0 unspecified atom stereocenters. The second kappa shape index (κ2) is 44.9. The van der Waals surface area contributed by atoms with Crippen LogP contribution in [0, 0.1) is 17.4 Å². The number of rotatable bonds is 24. The van der Waals surface area contributed by atoms with Crippen LogP contribution in [0.1, 0.15) is 148 Å². The highest BCUT2D eigenvalue weighted by atomic mass is 127. The number of nitrogens with zero attached hydrogens (tertiary/aromatic N) is 6. The predicted octanol–water partition coefficient (Wildman–Crippen LogP) is 21.0. The van der Waals surface area contributed by atoms with Gasteiger partial charge in [0.1, 0.15) is 59.3 Å². The van der Waals surface area contributed by atoms with Crippen LogP contribution in [-0.2, 0) is 9.47 Å². The molecule has 0 atom stereocenters. The second-order valence-electron chi connectivity index (χ2n) is 27.4. The third kappa shape index (κ3) is 23.4.